The van der Waals surface area contributed by atoms with Gasteiger partial charge in [-0.15, -0.1) is 0 Å². The van der Waals surface area contributed by atoms with E-state index < -0.39 is 21.6 Å². The summed E-state index contributed by atoms with van der Waals surface area (Å²) in [6, 6.07) is 5.43. The molecule has 2 heterocycles. The van der Waals surface area contributed by atoms with E-state index in [4.69, 9.17) is 10.0 Å². The first-order valence-electron chi connectivity index (χ1n) is 9.43. The fourth-order valence-electron chi connectivity index (χ4n) is 3.63. The standard InChI is InChI=1S/C20H24FN5O2S/c1-4-12(2)17-8-6-15-18(29(23,28)25-17)11-26(3)19(15)20(27)24-14-5-7-16(21)13(9-14)10-22/h5,7,9,11-12,17H,4,6,8H2,1-3H3,(H,24,27)(H2,23,25,28)/t12-,17+,29?/m0/s1. The normalized spacial score (nSPS) is 22.2. The number of hydrogen-bond acceptors (Lipinski definition) is 4. The van der Waals surface area contributed by atoms with Crippen molar-refractivity contribution in [3.63, 3.8) is 0 Å². The van der Waals surface area contributed by atoms with Crippen molar-refractivity contribution in [2.24, 2.45) is 13.0 Å². The van der Waals surface area contributed by atoms with E-state index in [2.05, 4.69) is 17.0 Å². The van der Waals surface area contributed by atoms with Gasteiger partial charge in [-0.05, 0) is 37.0 Å². The second kappa shape index (κ2) is 7.97. The molecular formula is C20H24FN5O2S. The number of aryl methyl sites for hydroxylation is 1. The molecular weight excluding hydrogens is 393 g/mol. The quantitative estimate of drug-likeness (QED) is 0.707. The van der Waals surface area contributed by atoms with Crippen LogP contribution in [-0.4, -0.2) is 20.7 Å². The summed E-state index contributed by atoms with van der Waals surface area (Å²) in [7, 11) is -1.59. The molecule has 0 saturated carbocycles. The van der Waals surface area contributed by atoms with Crippen molar-refractivity contribution in [3.05, 3.63) is 47.0 Å². The average molecular weight is 418 g/mol. The molecule has 0 radical (unpaired) electrons. The third-order valence-corrected chi connectivity index (χ3v) is 7.08. The number of halogens is 1. The van der Waals surface area contributed by atoms with Gasteiger partial charge in [-0.1, -0.05) is 20.3 Å². The molecule has 154 valence electrons. The molecule has 29 heavy (non-hydrogen) atoms. The molecule has 0 saturated heterocycles. The van der Waals surface area contributed by atoms with Gasteiger partial charge in [0, 0.05) is 30.5 Å². The molecule has 1 amide bonds. The number of carbonyl (C=O) groups excluding carboxylic acids is 1. The molecule has 1 unspecified atom stereocenters. The van der Waals surface area contributed by atoms with Crippen LogP contribution >= 0.6 is 0 Å². The Hall–Kier alpha value is -2.70. The summed E-state index contributed by atoms with van der Waals surface area (Å²) in [4.78, 5) is 13.3. The smallest absolute Gasteiger partial charge is 0.272 e. The highest BCUT2D eigenvalue weighted by atomic mass is 32.2. The van der Waals surface area contributed by atoms with Crippen LogP contribution in [0.4, 0.5) is 10.1 Å². The van der Waals surface area contributed by atoms with Crippen LogP contribution in [-0.2, 0) is 23.4 Å². The predicted molar refractivity (Wildman–Crippen MR) is 108 cm³/mol. The van der Waals surface area contributed by atoms with Crippen LogP contribution in [0.1, 0.15) is 48.3 Å². The van der Waals surface area contributed by atoms with Crippen LogP contribution in [0.2, 0.25) is 0 Å². The van der Waals surface area contributed by atoms with Crippen LogP contribution in [0, 0.1) is 27.8 Å². The molecule has 3 N–H and O–H groups in total. The largest absolute Gasteiger partial charge is 0.345 e. The van der Waals surface area contributed by atoms with Crippen molar-refractivity contribution in [1.29, 1.82) is 10.0 Å². The average Bonchev–Trinajstić information content (AvgIpc) is 2.96. The van der Waals surface area contributed by atoms with Crippen LogP contribution in [0.15, 0.2) is 29.3 Å². The first-order valence-corrected chi connectivity index (χ1v) is 11.0. The van der Waals surface area contributed by atoms with Gasteiger partial charge in [-0.2, -0.15) is 5.26 Å². The Morgan fingerprint density at radius 3 is 2.93 bits per heavy atom. The van der Waals surface area contributed by atoms with Crippen molar-refractivity contribution in [3.8, 4) is 6.07 Å². The maximum absolute atomic E-state index is 13.5. The molecule has 9 heteroatoms. The minimum Gasteiger partial charge on any atom is -0.345 e. The van der Waals surface area contributed by atoms with E-state index in [0.29, 0.717) is 34.7 Å². The zero-order chi connectivity index (χ0) is 21.3. The van der Waals surface area contributed by atoms with Crippen LogP contribution in [0.3, 0.4) is 0 Å². The number of fused-ring (bicyclic) bond motifs is 1. The SMILES string of the molecule is CC[C@H](C)[C@H]1CCc2c(cn(C)c2C(=O)Nc2ccc(F)c(C#N)c2)S(=N)(=O)N1. The van der Waals surface area contributed by atoms with Crippen molar-refractivity contribution in [1.82, 2.24) is 9.29 Å². The van der Waals surface area contributed by atoms with E-state index in [-0.39, 0.29) is 17.5 Å². The number of rotatable bonds is 4. The highest BCUT2D eigenvalue weighted by Gasteiger charge is 2.32. The first-order chi connectivity index (χ1) is 13.7. The first kappa shape index (κ1) is 21.0. The topological polar surface area (TPSA) is 111 Å². The lowest BCUT2D eigenvalue weighted by molar-refractivity contribution is 0.101. The summed E-state index contributed by atoms with van der Waals surface area (Å²) in [5.41, 5.74) is 1.03. The second-order valence-electron chi connectivity index (χ2n) is 7.40. The van der Waals surface area contributed by atoms with Crippen molar-refractivity contribution in [2.45, 2.75) is 44.0 Å². The lowest BCUT2D eigenvalue weighted by Gasteiger charge is -2.22. The number of nitrogens with zero attached hydrogens (tertiary/aromatic N) is 2. The minimum absolute atomic E-state index is 0.0751. The Labute approximate surface area is 170 Å². The van der Waals surface area contributed by atoms with E-state index in [1.165, 1.54) is 12.1 Å². The molecule has 7 nitrogen and oxygen atoms in total. The third kappa shape index (κ3) is 4.04. The number of hydrogen-bond donors (Lipinski definition) is 3. The Kier molecular flexibility index (Phi) is 5.78. The Balaban J connectivity index is 1.96. The lowest BCUT2D eigenvalue weighted by Crippen LogP contribution is -2.37. The van der Waals surface area contributed by atoms with Gasteiger partial charge in [0.05, 0.1) is 10.5 Å². The number of aromatic nitrogens is 1. The number of amides is 1. The molecule has 3 rings (SSSR count). The van der Waals surface area contributed by atoms with E-state index in [9.17, 15) is 13.4 Å². The zero-order valence-corrected chi connectivity index (χ0v) is 17.4. The van der Waals surface area contributed by atoms with E-state index in [1.54, 1.807) is 23.9 Å². The van der Waals surface area contributed by atoms with E-state index >= 15 is 0 Å². The van der Waals surface area contributed by atoms with Crippen molar-refractivity contribution < 1.29 is 13.4 Å². The summed E-state index contributed by atoms with van der Waals surface area (Å²) < 4.78 is 39.5. The fourth-order valence-corrected chi connectivity index (χ4v) is 5.39. The number of anilines is 1. The third-order valence-electron chi connectivity index (χ3n) is 5.47. The van der Waals surface area contributed by atoms with Gasteiger partial charge in [-0.25, -0.2) is 18.1 Å². The summed E-state index contributed by atoms with van der Waals surface area (Å²) in [6.07, 6.45) is 3.64. The summed E-state index contributed by atoms with van der Waals surface area (Å²) in [6.45, 7) is 4.10. The molecule has 1 aromatic carbocycles. The van der Waals surface area contributed by atoms with Crippen LogP contribution in [0.5, 0.6) is 0 Å². The van der Waals surface area contributed by atoms with Crippen LogP contribution in [0.25, 0.3) is 0 Å². The summed E-state index contributed by atoms with van der Waals surface area (Å²) in [5.74, 6) is -0.865. The maximum Gasteiger partial charge on any atom is 0.272 e. The molecule has 1 aliphatic heterocycles. The number of nitrogens with one attached hydrogen (secondary N) is 3. The van der Waals surface area contributed by atoms with Gasteiger partial charge in [0.25, 0.3) is 5.91 Å². The highest BCUT2D eigenvalue weighted by molar-refractivity contribution is 7.90. The molecule has 1 aliphatic rings. The number of carbonyl (C=O) groups is 1. The second-order valence-corrected chi connectivity index (χ2v) is 9.18. The van der Waals surface area contributed by atoms with Crippen molar-refractivity contribution >= 4 is 21.5 Å². The molecule has 0 fully saturated rings. The summed E-state index contributed by atoms with van der Waals surface area (Å²) >= 11 is 0. The Morgan fingerprint density at radius 2 is 2.28 bits per heavy atom. The van der Waals surface area contributed by atoms with E-state index in [0.717, 1.165) is 12.5 Å². The van der Waals surface area contributed by atoms with Gasteiger partial charge in [0.1, 0.15) is 27.5 Å². The van der Waals surface area contributed by atoms with Gasteiger partial charge in [-0.3, -0.25) is 4.79 Å². The molecule has 0 bridgehead atoms. The highest BCUT2D eigenvalue weighted by Crippen LogP contribution is 2.30. The monoisotopic (exact) mass is 417 g/mol. The molecule has 3 atom stereocenters. The Bertz CT molecular complexity index is 1100. The molecule has 0 spiro atoms. The van der Waals surface area contributed by atoms with Gasteiger partial charge in [0.2, 0.25) is 0 Å². The predicted octanol–water partition coefficient (Wildman–Crippen LogP) is 3.56. The van der Waals surface area contributed by atoms with Gasteiger partial charge < -0.3 is 9.88 Å². The minimum atomic E-state index is -3.25. The van der Waals surface area contributed by atoms with Gasteiger partial charge in [0.15, 0.2) is 0 Å². The molecule has 2 aromatic rings. The molecule has 0 aliphatic carbocycles. The summed E-state index contributed by atoms with van der Waals surface area (Å²) in [5, 5.41) is 11.7. The van der Waals surface area contributed by atoms with Gasteiger partial charge >= 0.3 is 0 Å². The Morgan fingerprint density at radius 1 is 1.55 bits per heavy atom. The van der Waals surface area contributed by atoms with Crippen molar-refractivity contribution in [2.75, 3.05) is 5.32 Å². The van der Waals surface area contributed by atoms with Crippen LogP contribution < -0.4 is 10.0 Å². The fraction of sp³-hybridized carbons (Fsp3) is 0.400. The van der Waals surface area contributed by atoms with E-state index in [1.807, 2.05) is 6.92 Å². The number of benzene rings is 1. The molecule has 1 aromatic heterocycles. The maximum atomic E-state index is 13.5. The lowest BCUT2D eigenvalue weighted by atomic mass is 9.94. The number of nitriles is 1. The zero-order valence-electron chi connectivity index (χ0n) is 16.6.